The van der Waals surface area contributed by atoms with Gasteiger partial charge in [-0.1, -0.05) is 6.92 Å². The molecule has 1 amide bonds. The summed E-state index contributed by atoms with van der Waals surface area (Å²) in [5.74, 6) is 1.61. The zero-order valence-electron chi connectivity index (χ0n) is 10.1. The average molecular weight is 237 g/mol. The normalized spacial score (nSPS) is 10.2. The van der Waals surface area contributed by atoms with Gasteiger partial charge in [-0.05, 0) is 12.8 Å². The molecule has 6 nitrogen and oxygen atoms in total. The second-order valence-electron chi connectivity index (χ2n) is 3.84. The number of primary amides is 1. The zero-order valence-corrected chi connectivity index (χ0v) is 10.1. The van der Waals surface area contributed by atoms with E-state index in [1.807, 2.05) is 0 Å². The van der Waals surface area contributed by atoms with Crippen LogP contribution in [0, 0.1) is 0 Å². The first-order chi connectivity index (χ1) is 8.11. The summed E-state index contributed by atoms with van der Waals surface area (Å²) < 4.78 is 0. The van der Waals surface area contributed by atoms with Crippen LogP contribution in [-0.4, -0.2) is 22.4 Å². The molecule has 0 saturated heterocycles. The van der Waals surface area contributed by atoms with Crippen molar-refractivity contribution in [2.24, 2.45) is 5.73 Å². The molecule has 0 aromatic carbocycles. The minimum Gasteiger partial charge on any atom is -0.384 e. The van der Waals surface area contributed by atoms with E-state index in [2.05, 4.69) is 22.2 Å². The fourth-order valence-electron chi connectivity index (χ4n) is 1.42. The summed E-state index contributed by atoms with van der Waals surface area (Å²) >= 11 is 0. The van der Waals surface area contributed by atoms with Crippen LogP contribution < -0.4 is 16.8 Å². The monoisotopic (exact) mass is 237 g/mol. The molecule has 1 aromatic heterocycles. The number of carbonyl (C=O) groups is 1. The van der Waals surface area contributed by atoms with Gasteiger partial charge in [-0.3, -0.25) is 4.79 Å². The molecule has 0 spiro atoms. The Morgan fingerprint density at radius 3 is 2.88 bits per heavy atom. The quantitative estimate of drug-likeness (QED) is 0.605. The highest BCUT2D eigenvalue weighted by atomic mass is 16.1. The van der Waals surface area contributed by atoms with Crippen LogP contribution in [0.1, 0.15) is 32.0 Å². The Morgan fingerprint density at radius 1 is 1.47 bits per heavy atom. The van der Waals surface area contributed by atoms with Crippen LogP contribution in [0.3, 0.4) is 0 Å². The van der Waals surface area contributed by atoms with Gasteiger partial charge < -0.3 is 16.8 Å². The number of anilines is 2. The lowest BCUT2D eigenvalue weighted by Gasteiger charge is -2.07. The van der Waals surface area contributed by atoms with Crippen molar-refractivity contribution in [3.63, 3.8) is 0 Å². The lowest BCUT2D eigenvalue weighted by Crippen LogP contribution is -2.13. The van der Waals surface area contributed by atoms with Crippen LogP contribution in [0.15, 0.2) is 6.07 Å². The Morgan fingerprint density at radius 2 is 2.24 bits per heavy atom. The SMILES string of the molecule is CCCc1nc(N)cc(NCCCC(N)=O)n1. The van der Waals surface area contributed by atoms with E-state index in [1.54, 1.807) is 6.07 Å². The highest BCUT2D eigenvalue weighted by Gasteiger charge is 2.02. The van der Waals surface area contributed by atoms with Crippen molar-refractivity contribution in [1.82, 2.24) is 9.97 Å². The number of aryl methyl sites for hydroxylation is 1. The molecule has 6 heteroatoms. The minimum atomic E-state index is -0.291. The molecular formula is C11H19N5O. The van der Waals surface area contributed by atoms with Gasteiger partial charge in [0, 0.05) is 25.5 Å². The molecule has 5 N–H and O–H groups in total. The maximum absolute atomic E-state index is 10.6. The van der Waals surface area contributed by atoms with Crippen molar-refractivity contribution in [3.05, 3.63) is 11.9 Å². The first-order valence-corrected chi connectivity index (χ1v) is 5.77. The molecule has 94 valence electrons. The molecule has 1 aromatic rings. The maximum Gasteiger partial charge on any atom is 0.217 e. The molecular weight excluding hydrogens is 218 g/mol. The maximum atomic E-state index is 10.6. The number of nitrogens with zero attached hydrogens (tertiary/aromatic N) is 2. The number of rotatable bonds is 7. The lowest BCUT2D eigenvalue weighted by molar-refractivity contribution is -0.118. The van der Waals surface area contributed by atoms with Crippen LogP contribution >= 0.6 is 0 Å². The second-order valence-corrected chi connectivity index (χ2v) is 3.84. The van der Waals surface area contributed by atoms with Gasteiger partial charge in [0.2, 0.25) is 5.91 Å². The summed E-state index contributed by atoms with van der Waals surface area (Å²) in [6.07, 6.45) is 2.84. The summed E-state index contributed by atoms with van der Waals surface area (Å²) in [5, 5.41) is 3.10. The molecule has 1 rings (SSSR count). The molecule has 0 aliphatic heterocycles. The summed E-state index contributed by atoms with van der Waals surface area (Å²) in [4.78, 5) is 19.0. The second kappa shape index (κ2) is 6.67. The predicted molar refractivity (Wildman–Crippen MR) is 67.4 cm³/mol. The summed E-state index contributed by atoms with van der Waals surface area (Å²) in [7, 11) is 0. The van der Waals surface area contributed by atoms with Crippen LogP contribution in [0.4, 0.5) is 11.6 Å². The number of aromatic nitrogens is 2. The topological polar surface area (TPSA) is 107 Å². The molecule has 0 unspecified atom stereocenters. The first-order valence-electron chi connectivity index (χ1n) is 5.77. The molecule has 0 saturated carbocycles. The van der Waals surface area contributed by atoms with Gasteiger partial charge in [0.1, 0.15) is 17.5 Å². The average Bonchev–Trinajstić information content (AvgIpc) is 2.24. The summed E-state index contributed by atoms with van der Waals surface area (Å²) in [6, 6.07) is 1.68. The lowest BCUT2D eigenvalue weighted by atomic mass is 10.3. The number of carbonyl (C=O) groups excluding carboxylic acids is 1. The van der Waals surface area contributed by atoms with Gasteiger partial charge in [0.25, 0.3) is 0 Å². The van der Waals surface area contributed by atoms with Crippen molar-refractivity contribution in [2.75, 3.05) is 17.6 Å². The molecule has 0 radical (unpaired) electrons. The molecule has 0 aliphatic rings. The van der Waals surface area contributed by atoms with Gasteiger partial charge >= 0.3 is 0 Å². The summed E-state index contributed by atoms with van der Waals surface area (Å²) in [5.41, 5.74) is 10.7. The molecule has 17 heavy (non-hydrogen) atoms. The van der Waals surface area contributed by atoms with E-state index in [-0.39, 0.29) is 5.91 Å². The zero-order chi connectivity index (χ0) is 12.7. The standard InChI is InChI=1S/C11H19N5O/c1-2-4-10-15-8(12)7-11(16-10)14-6-3-5-9(13)17/h7H,2-6H2,1H3,(H2,13,17)(H3,12,14,15,16). The Kier molecular flexibility index (Phi) is 5.19. The van der Waals surface area contributed by atoms with E-state index >= 15 is 0 Å². The Labute approximate surface area is 101 Å². The third-order valence-electron chi connectivity index (χ3n) is 2.17. The van der Waals surface area contributed by atoms with Crippen LogP contribution in [0.5, 0.6) is 0 Å². The van der Waals surface area contributed by atoms with Crippen LogP contribution in [-0.2, 0) is 11.2 Å². The molecule has 1 heterocycles. The number of amides is 1. The smallest absolute Gasteiger partial charge is 0.217 e. The van der Waals surface area contributed by atoms with E-state index < -0.39 is 0 Å². The Balaban J connectivity index is 2.49. The van der Waals surface area contributed by atoms with E-state index in [0.717, 1.165) is 18.7 Å². The Hall–Kier alpha value is -1.85. The van der Waals surface area contributed by atoms with Crippen molar-refractivity contribution < 1.29 is 4.79 Å². The Bertz CT molecular complexity index is 380. The third-order valence-corrected chi connectivity index (χ3v) is 2.17. The van der Waals surface area contributed by atoms with E-state index in [4.69, 9.17) is 11.5 Å². The molecule has 0 aliphatic carbocycles. The number of nitrogens with two attached hydrogens (primary N) is 2. The number of hydrogen-bond acceptors (Lipinski definition) is 5. The fourth-order valence-corrected chi connectivity index (χ4v) is 1.42. The fraction of sp³-hybridized carbons (Fsp3) is 0.545. The van der Waals surface area contributed by atoms with Gasteiger partial charge in [0.05, 0.1) is 0 Å². The van der Waals surface area contributed by atoms with Crippen molar-refractivity contribution in [3.8, 4) is 0 Å². The summed E-state index contributed by atoms with van der Waals surface area (Å²) in [6.45, 7) is 2.71. The van der Waals surface area contributed by atoms with Gasteiger partial charge in [0.15, 0.2) is 0 Å². The minimum absolute atomic E-state index is 0.291. The molecule has 0 fully saturated rings. The number of nitrogens with one attached hydrogen (secondary N) is 1. The number of nitrogen functional groups attached to an aromatic ring is 1. The third kappa shape index (κ3) is 5.14. The first kappa shape index (κ1) is 13.2. The van der Waals surface area contributed by atoms with Crippen molar-refractivity contribution in [2.45, 2.75) is 32.6 Å². The van der Waals surface area contributed by atoms with Crippen molar-refractivity contribution >= 4 is 17.5 Å². The largest absolute Gasteiger partial charge is 0.384 e. The predicted octanol–water partition coefficient (Wildman–Crippen LogP) is 0.689. The van der Waals surface area contributed by atoms with Crippen molar-refractivity contribution in [1.29, 1.82) is 0 Å². The number of hydrogen-bond donors (Lipinski definition) is 3. The van der Waals surface area contributed by atoms with Gasteiger partial charge in [-0.25, -0.2) is 9.97 Å². The van der Waals surface area contributed by atoms with Crippen LogP contribution in [0.2, 0.25) is 0 Å². The molecule has 0 bridgehead atoms. The molecule has 0 atom stereocenters. The van der Waals surface area contributed by atoms with Crippen LogP contribution in [0.25, 0.3) is 0 Å². The van der Waals surface area contributed by atoms with E-state index in [1.165, 1.54) is 0 Å². The highest BCUT2D eigenvalue weighted by Crippen LogP contribution is 2.09. The highest BCUT2D eigenvalue weighted by molar-refractivity contribution is 5.73. The van der Waals surface area contributed by atoms with E-state index in [9.17, 15) is 4.79 Å². The van der Waals surface area contributed by atoms with Gasteiger partial charge in [-0.15, -0.1) is 0 Å². The van der Waals surface area contributed by atoms with Gasteiger partial charge in [-0.2, -0.15) is 0 Å². The van der Waals surface area contributed by atoms with E-state index in [0.29, 0.717) is 31.0 Å².